The van der Waals surface area contributed by atoms with Crippen molar-refractivity contribution in [2.45, 2.75) is 0 Å². The molecule has 6 nitrogen and oxygen atoms in total. The maximum atomic E-state index is 12.3. The zero-order valence-corrected chi connectivity index (χ0v) is 18.0. The maximum Gasteiger partial charge on any atom is 0.363 e. The molecular weight excluding hydrogens is 462 g/mol. The first kappa shape index (κ1) is 20.6. The summed E-state index contributed by atoms with van der Waals surface area (Å²) in [6.45, 7) is 0. The van der Waals surface area contributed by atoms with Crippen molar-refractivity contribution >= 4 is 39.8 Å². The highest BCUT2D eigenvalue weighted by molar-refractivity contribution is 9.10. The van der Waals surface area contributed by atoms with Crippen molar-refractivity contribution < 1.29 is 23.8 Å². The number of halogens is 1. The lowest BCUT2D eigenvalue weighted by molar-refractivity contribution is -0.129. The number of nitrogens with zero attached hydrogens (tertiary/aromatic N) is 1. The van der Waals surface area contributed by atoms with Crippen LogP contribution in [0.3, 0.4) is 0 Å². The molecule has 0 bridgehead atoms. The molecule has 4 rings (SSSR count). The van der Waals surface area contributed by atoms with Crippen LogP contribution < -0.4 is 9.47 Å². The van der Waals surface area contributed by atoms with Gasteiger partial charge in [-0.05, 0) is 54.1 Å². The molecule has 0 aliphatic carbocycles. The Kier molecular flexibility index (Phi) is 5.95. The van der Waals surface area contributed by atoms with Crippen molar-refractivity contribution in [2.24, 2.45) is 4.99 Å². The first-order valence-electron chi connectivity index (χ1n) is 9.27. The van der Waals surface area contributed by atoms with Gasteiger partial charge in [-0.15, -0.1) is 0 Å². The van der Waals surface area contributed by atoms with Gasteiger partial charge in [0.05, 0.1) is 12.7 Å². The van der Waals surface area contributed by atoms with Gasteiger partial charge >= 0.3 is 11.9 Å². The van der Waals surface area contributed by atoms with Crippen molar-refractivity contribution in [3.63, 3.8) is 0 Å². The minimum atomic E-state index is -0.548. The molecule has 3 aromatic carbocycles. The van der Waals surface area contributed by atoms with Gasteiger partial charge in [-0.3, -0.25) is 0 Å². The molecule has 0 aromatic heterocycles. The molecular formula is C24H16BrNO5. The summed E-state index contributed by atoms with van der Waals surface area (Å²) in [4.78, 5) is 28.9. The van der Waals surface area contributed by atoms with E-state index < -0.39 is 11.9 Å². The van der Waals surface area contributed by atoms with Gasteiger partial charge < -0.3 is 14.2 Å². The number of esters is 2. The monoisotopic (exact) mass is 477 g/mol. The summed E-state index contributed by atoms with van der Waals surface area (Å²) < 4.78 is 16.9. The Bertz CT molecular complexity index is 1220. The minimum absolute atomic E-state index is 0.158. The van der Waals surface area contributed by atoms with Crippen molar-refractivity contribution in [1.82, 2.24) is 0 Å². The molecule has 0 unspecified atom stereocenters. The predicted octanol–water partition coefficient (Wildman–Crippen LogP) is 5.02. The third-order valence-electron chi connectivity index (χ3n) is 4.40. The molecule has 0 fully saturated rings. The largest absolute Gasteiger partial charge is 0.493 e. The molecule has 1 aliphatic rings. The van der Waals surface area contributed by atoms with Crippen LogP contribution in [0.2, 0.25) is 0 Å². The molecule has 7 heteroatoms. The average Bonchev–Trinajstić information content (AvgIpc) is 3.15. The number of hydrogen-bond acceptors (Lipinski definition) is 6. The Hall–Kier alpha value is -3.71. The van der Waals surface area contributed by atoms with Crippen LogP contribution in [0.5, 0.6) is 11.5 Å². The van der Waals surface area contributed by atoms with Gasteiger partial charge in [0.25, 0.3) is 0 Å². The van der Waals surface area contributed by atoms with Crippen molar-refractivity contribution in [1.29, 1.82) is 0 Å². The predicted molar refractivity (Wildman–Crippen MR) is 119 cm³/mol. The number of methoxy groups -OCH3 is 1. The second-order valence-electron chi connectivity index (χ2n) is 6.51. The van der Waals surface area contributed by atoms with E-state index in [-0.39, 0.29) is 17.3 Å². The first-order chi connectivity index (χ1) is 15.0. The minimum Gasteiger partial charge on any atom is -0.493 e. The standard InChI is InChI=1S/C24H16BrNO5/c1-29-21-13-15(10-11-20(21)30-23(27)16-6-3-2-4-7-16)12-19-24(28)31-22(26-19)17-8-5-9-18(25)14-17/h2-14H,1H3/b19-12-. The second kappa shape index (κ2) is 8.97. The Morgan fingerprint density at radius 2 is 1.81 bits per heavy atom. The third-order valence-corrected chi connectivity index (χ3v) is 4.89. The van der Waals surface area contributed by atoms with Crippen LogP contribution in [0.25, 0.3) is 6.08 Å². The topological polar surface area (TPSA) is 74.2 Å². The summed E-state index contributed by atoms with van der Waals surface area (Å²) in [5.41, 5.74) is 1.92. The highest BCUT2D eigenvalue weighted by Crippen LogP contribution is 2.30. The van der Waals surface area contributed by atoms with Crippen LogP contribution in [0, 0.1) is 0 Å². The van der Waals surface area contributed by atoms with E-state index in [1.165, 1.54) is 7.11 Å². The third kappa shape index (κ3) is 4.73. The lowest BCUT2D eigenvalue weighted by Gasteiger charge is -2.10. The number of ether oxygens (including phenoxy) is 3. The van der Waals surface area contributed by atoms with Crippen LogP contribution in [0.1, 0.15) is 21.5 Å². The van der Waals surface area contributed by atoms with Gasteiger partial charge in [0.2, 0.25) is 5.90 Å². The van der Waals surface area contributed by atoms with Gasteiger partial charge in [0, 0.05) is 10.0 Å². The molecule has 31 heavy (non-hydrogen) atoms. The Balaban J connectivity index is 1.58. The van der Waals surface area contributed by atoms with E-state index in [1.807, 2.05) is 24.3 Å². The normalized spacial score (nSPS) is 14.2. The molecule has 0 atom stereocenters. The van der Waals surface area contributed by atoms with E-state index in [1.54, 1.807) is 54.6 Å². The maximum absolute atomic E-state index is 12.3. The zero-order chi connectivity index (χ0) is 21.8. The van der Waals surface area contributed by atoms with Crippen LogP contribution in [-0.4, -0.2) is 24.9 Å². The van der Waals surface area contributed by atoms with Crippen LogP contribution in [-0.2, 0) is 9.53 Å². The number of carbonyl (C=O) groups is 2. The number of carbonyl (C=O) groups excluding carboxylic acids is 2. The lowest BCUT2D eigenvalue weighted by Crippen LogP contribution is -2.09. The van der Waals surface area contributed by atoms with E-state index in [0.717, 1.165) is 4.47 Å². The van der Waals surface area contributed by atoms with Crippen LogP contribution in [0.4, 0.5) is 0 Å². The van der Waals surface area contributed by atoms with E-state index in [2.05, 4.69) is 20.9 Å². The molecule has 154 valence electrons. The molecule has 1 heterocycles. The van der Waals surface area contributed by atoms with E-state index >= 15 is 0 Å². The number of rotatable bonds is 5. The fourth-order valence-corrected chi connectivity index (χ4v) is 3.30. The number of hydrogen-bond donors (Lipinski definition) is 0. The molecule has 0 radical (unpaired) electrons. The lowest BCUT2D eigenvalue weighted by atomic mass is 10.1. The van der Waals surface area contributed by atoms with Crippen LogP contribution in [0.15, 0.2) is 88.0 Å². The summed E-state index contributed by atoms with van der Waals surface area (Å²) >= 11 is 3.39. The Morgan fingerprint density at radius 1 is 1.00 bits per heavy atom. The number of benzene rings is 3. The van der Waals surface area contributed by atoms with Crippen molar-refractivity contribution in [3.8, 4) is 11.5 Å². The number of cyclic esters (lactones) is 1. The highest BCUT2D eigenvalue weighted by atomic mass is 79.9. The molecule has 0 amide bonds. The quantitative estimate of drug-likeness (QED) is 0.293. The van der Waals surface area contributed by atoms with Gasteiger partial charge in [-0.2, -0.15) is 0 Å². The number of aliphatic imine (C=N–C) groups is 1. The fourth-order valence-electron chi connectivity index (χ4n) is 2.90. The van der Waals surface area contributed by atoms with E-state index in [0.29, 0.717) is 22.4 Å². The van der Waals surface area contributed by atoms with E-state index in [9.17, 15) is 9.59 Å². The summed E-state index contributed by atoms with van der Waals surface area (Å²) in [5, 5.41) is 0. The van der Waals surface area contributed by atoms with Crippen LogP contribution >= 0.6 is 15.9 Å². The summed E-state index contributed by atoms with van der Waals surface area (Å²) in [7, 11) is 1.47. The second-order valence-corrected chi connectivity index (χ2v) is 7.43. The van der Waals surface area contributed by atoms with Crippen molar-refractivity contribution in [2.75, 3.05) is 7.11 Å². The van der Waals surface area contributed by atoms with E-state index in [4.69, 9.17) is 14.2 Å². The van der Waals surface area contributed by atoms with Gasteiger partial charge in [0.1, 0.15) is 0 Å². The molecule has 1 aliphatic heterocycles. The Morgan fingerprint density at radius 3 is 2.55 bits per heavy atom. The molecule has 3 aromatic rings. The average molecular weight is 478 g/mol. The smallest absolute Gasteiger partial charge is 0.363 e. The molecule has 0 spiro atoms. The fraction of sp³-hybridized carbons (Fsp3) is 0.0417. The summed E-state index contributed by atoms with van der Waals surface area (Å²) in [5.74, 6) is -0.189. The zero-order valence-electron chi connectivity index (χ0n) is 16.4. The Labute approximate surface area is 186 Å². The molecule has 0 saturated heterocycles. The van der Waals surface area contributed by atoms with Crippen molar-refractivity contribution in [3.05, 3.63) is 99.7 Å². The SMILES string of the molecule is COc1cc(/C=C2\N=C(c3cccc(Br)c3)OC2=O)ccc1OC(=O)c1ccccc1. The van der Waals surface area contributed by atoms with Gasteiger partial charge in [-0.1, -0.05) is 46.3 Å². The molecule has 0 N–H and O–H groups in total. The van der Waals surface area contributed by atoms with Gasteiger partial charge in [-0.25, -0.2) is 14.6 Å². The molecule has 0 saturated carbocycles. The first-order valence-corrected chi connectivity index (χ1v) is 10.1. The summed E-state index contributed by atoms with van der Waals surface area (Å²) in [6, 6.07) is 20.9. The summed E-state index contributed by atoms with van der Waals surface area (Å²) in [6.07, 6.45) is 1.58. The van der Waals surface area contributed by atoms with Gasteiger partial charge in [0.15, 0.2) is 17.2 Å². The highest BCUT2D eigenvalue weighted by Gasteiger charge is 2.24.